The molecule has 0 aliphatic carbocycles. The monoisotopic (exact) mass is 304 g/mol. The summed E-state index contributed by atoms with van der Waals surface area (Å²) in [6, 6.07) is -0.767. The Hall–Kier alpha value is -1.15. The zero-order chi connectivity index (χ0) is 14.5. The lowest BCUT2D eigenvalue weighted by molar-refractivity contribution is -0.144. The average Bonchev–Trinajstić information content (AvgIpc) is 2.33. The first-order valence-electron chi connectivity index (χ1n) is 5.92. The number of carbonyl (C=O) groups is 3. The summed E-state index contributed by atoms with van der Waals surface area (Å²) in [5.41, 5.74) is -1.21. The first-order valence-corrected chi connectivity index (χ1v) is 7.32. The van der Waals surface area contributed by atoms with E-state index in [1.807, 2.05) is 6.92 Å². The van der Waals surface area contributed by atoms with Crippen LogP contribution < -0.4 is 10.6 Å². The Labute approximate surface area is 121 Å². The highest BCUT2D eigenvalue weighted by molar-refractivity contribution is 8.22. The van der Waals surface area contributed by atoms with E-state index >= 15 is 0 Å². The molecule has 1 fully saturated rings. The van der Waals surface area contributed by atoms with Gasteiger partial charge in [0.05, 0.1) is 6.61 Å². The van der Waals surface area contributed by atoms with Crippen LogP contribution in [0.4, 0.5) is 4.79 Å². The topological polar surface area (TPSA) is 84.5 Å². The molecule has 0 bridgehead atoms. The van der Waals surface area contributed by atoms with Crippen LogP contribution in [0.15, 0.2) is 0 Å². The van der Waals surface area contributed by atoms with Crippen LogP contribution in [-0.2, 0) is 14.3 Å². The molecule has 0 atom stereocenters. The van der Waals surface area contributed by atoms with Crippen molar-refractivity contribution in [1.29, 1.82) is 0 Å². The van der Waals surface area contributed by atoms with E-state index in [0.717, 1.165) is 0 Å². The number of hydrogen-bond acceptors (Lipinski definition) is 6. The smallest absolute Gasteiger partial charge is 0.328 e. The molecule has 0 unspecified atom stereocenters. The minimum absolute atomic E-state index is 0.298. The molecule has 6 nitrogen and oxygen atoms in total. The molecule has 1 rings (SSSR count). The van der Waals surface area contributed by atoms with Crippen LogP contribution in [0.2, 0.25) is 0 Å². The van der Waals surface area contributed by atoms with Gasteiger partial charge < -0.3 is 4.74 Å². The van der Waals surface area contributed by atoms with Gasteiger partial charge in [-0.3, -0.25) is 20.2 Å². The number of nitrogens with one attached hydrogen (secondary N) is 2. The molecular formula is C11H16N2O4S2. The molecule has 0 radical (unpaired) electrons. The number of hydrogen-bond donors (Lipinski definition) is 2. The lowest BCUT2D eigenvalue weighted by Crippen LogP contribution is -2.62. The minimum atomic E-state index is -1.21. The van der Waals surface area contributed by atoms with Crippen molar-refractivity contribution < 1.29 is 19.1 Å². The summed E-state index contributed by atoms with van der Waals surface area (Å²) in [6.07, 6.45) is 0.617. The third-order valence-corrected chi connectivity index (χ3v) is 4.17. The van der Waals surface area contributed by atoms with Crippen LogP contribution in [0, 0.1) is 5.41 Å². The lowest BCUT2D eigenvalue weighted by atomic mass is 9.79. The van der Waals surface area contributed by atoms with Gasteiger partial charge in [-0.25, -0.2) is 4.79 Å². The van der Waals surface area contributed by atoms with Gasteiger partial charge in [0, 0.05) is 5.75 Å². The molecule has 0 aromatic heterocycles. The van der Waals surface area contributed by atoms with E-state index in [-0.39, 0.29) is 0 Å². The van der Waals surface area contributed by atoms with Crippen molar-refractivity contribution in [3.8, 4) is 0 Å². The van der Waals surface area contributed by atoms with E-state index in [1.54, 1.807) is 6.92 Å². The van der Waals surface area contributed by atoms with E-state index < -0.39 is 23.3 Å². The van der Waals surface area contributed by atoms with Gasteiger partial charge in [0.1, 0.15) is 5.41 Å². The summed E-state index contributed by atoms with van der Waals surface area (Å²) in [5.74, 6) is -0.625. The Morgan fingerprint density at radius 2 is 1.84 bits per heavy atom. The van der Waals surface area contributed by atoms with Gasteiger partial charge in [0.15, 0.2) is 0 Å². The number of ether oxygens (including phenoxy) is 1. The van der Waals surface area contributed by atoms with Crippen molar-refractivity contribution in [2.24, 2.45) is 5.41 Å². The molecule has 1 aliphatic heterocycles. The van der Waals surface area contributed by atoms with Gasteiger partial charge in [-0.05, 0) is 32.0 Å². The maximum atomic E-state index is 11.9. The van der Waals surface area contributed by atoms with Gasteiger partial charge in [0.25, 0.3) is 0 Å². The number of thiocarbonyl (C=S) groups is 1. The zero-order valence-electron chi connectivity index (χ0n) is 10.8. The third-order valence-electron chi connectivity index (χ3n) is 2.94. The fraction of sp³-hybridized carbons (Fsp3) is 0.636. The Kier molecular flexibility index (Phi) is 5.74. The molecule has 8 heteroatoms. The molecule has 4 amide bonds. The number of barbiturate groups is 1. The van der Waals surface area contributed by atoms with Crippen LogP contribution in [0.3, 0.4) is 0 Å². The Balaban J connectivity index is 2.65. The molecule has 19 heavy (non-hydrogen) atoms. The quantitative estimate of drug-likeness (QED) is 0.586. The van der Waals surface area contributed by atoms with Crippen molar-refractivity contribution in [2.45, 2.75) is 26.7 Å². The van der Waals surface area contributed by atoms with Crippen molar-refractivity contribution in [3.05, 3.63) is 0 Å². The van der Waals surface area contributed by atoms with E-state index in [2.05, 4.69) is 10.6 Å². The number of carbonyl (C=O) groups excluding carboxylic acids is 3. The van der Waals surface area contributed by atoms with Crippen LogP contribution in [0.5, 0.6) is 0 Å². The molecule has 0 saturated carbocycles. The molecular weight excluding hydrogens is 288 g/mol. The second-order valence-electron chi connectivity index (χ2n) is 3.95. The van der Waals surface area contributed by atoms with E-state index in [0.29, 0.717) is 29.6 Å². The number of imide groups is 2. The standard InChI is InChI=1S/C11H16N2O4S2/c1-3-11(5-6-19-10(18)17-4-2)7(14)12-9(16)13-8(11)15/h3-6H2,1-2H3,(H2,12,13,14,15,16). The molecule has 1 heterocycles. The minimum Gasteiger partial charge on any atom is -0.479 e. The van der Waals surface area contributed by atoms with E-state index in [1.165, 1.54) is 11.8 Å². The van der Waals surface area contributed by atoms with Gasteiger partial charge >= 0.3 is 6.03 Å². The van der Waals surface area contributed by atoms with Crippen LogP contribution in [0.1, 0.15) is 26.7 Å². The van der Waals surface area contributed by atoms with Crippen molar-refractivity contribution in [1.82, 2.24) is 10.6 Å². The van der Waals surface area contributed by atoms with E-state index in [9.17, 15) is 14.4 Å². The molecule has 0 aromatic carbocycles. The third kappa shape index (κ3) is 3.66. The zero-order valence-corrected chi connectivity index (χ0v) is 12.4. The molecule has 1 aliphatic rings. The second kappa shape index (κ2) is 6.85. The second-order valence-corrected chi connectivity index (χ2v) is 5.65. The summed E-state index contributed by atoms with van der Waals surface area (Å²) in [7, 11) is 0. The summed E-state index contributed by atoms with van der Waals surface area (Å²) in [5, 5.41) is 4.26. The molecule has 2 N–H and O–H groups in total. The van der Waals surface area contributed by atoms with Gasteiger partial charge in [-0.1, -0.05) is 18.7 Å². The highest BCUT2D eigenvalue weighted by Crippen LogP contribution is 2.31. The van der Waals surface area contributed by atoms with Crippen LogP contribution >= 0.6 is 24.0 Å². The number of rotatable bonds is 5. The fourth-order valence-corrected chi connectivity index (χ4v) is 2.96. The number of amides is 4. The highest BCUT2D eigenvalue weighted by atomic mass is 32.2. The summed E-state index contributed by atoms with van der Waals surface area (Å²) >= 11 is 6.23. The maximum Gasteiger partial charge on any atom is 0.328 e. The van der Waals surface area contributed by atoms with Crippen LogP contribution in [-0.4, -0.2) is 34.6 Å². The average molecular weight is 304 g/mol. The van der Waals surface area contributed by atoms with Crippen molar-refractivity contribution in [2.75, 3.05) is 12.4 Å². The SMILES string of the molecule is CCOC(=S)SCCC1(CC)C(=O)NC(=O)NC1=O. The first-order chi connectivity index (χ1) is 8.96. The van der Waals surface area contributed by atoms with Gasteiger partial charge in [0.2, 0.25) is 16.2 Å². The molecule has 1 saturated heterocycles. The summed E-state index contributed by atoms with van der Waals surface area (Å²) in [6.45, 7) is 4.05. The highest BCUT2D eigenvalue weighted by Gasteiger charge is 2.48. The maximum absolute atomic E-state index is 11.9. The van der Waals surface area contributed by atoms with Crippen molar-refractivity contribution >= 4 is 46.2 Å². The van der Waals surface area contributed by atoms with Gasteiger partial charge in [-0.15, -0.1) is 0 Å². The first kappa shape index (κ1) is 15.9. The van der Waals surface area contributed by atoms with Gasteiger partial charge in [-0.2, -0.15) is 0 Å². The summed E-state index contributed by atoms with van der Waals surface area (Å²) < 4.78 is 5.50. The number of urea groups is 1. The Bertz CT molecular complexity index is 391. The molecule has 0 spiro atoms. The van der Waals surface area contributed by atoms with Crippen LogP contribution in [0.25, 0.3) is 0 Å². The predicted molar refractivity (Wildman–Crippen MR) is 75.7 cm³/mol. The largest absolute Gasteiger partial charge is 0.479 e. The Morgan fingerprint density at radius 3 is 2.32 bits per heavy atom. The number of thioether (sulfide) groups is 1. The summed E-state index contributed by atoms with van der Waals surface area (Å²) in [4.78, 5) is 34.9. The normalized spacial score (nSPS) is 17.7. The Morgan fingerprint density at radius 1 is 1.26 bits per heavy atom. The lowest BCUT2D eigenvalue weighted by Gasteiger charge is -2.32. The van der Waals surface area contributed by atoms with E-state index in [4.69, 9.17) is 17.0 Å². The molecule has 106 valence electrons. The van der Waals surface area contributed by atoms with Crippen molar-refractivity contribution in [3.63, 3.8) is 0 Å². The molecule has 0 aromatic rings. The predicted octanol–water partition coefficient (Wildman–Crippen LogP) is 1.19. The fourth-order valence-electron chi connectivity index (χ4n) is 1.77.